The van der Waals surface area contributed by atoms with Crippen LogP contribution in [-0.4, -0.2) is 25.0 Å². The lowest BCUT2D eigenvalue weighted by molar-refractivity contribution is -0.118. The fraction of sp³-hybridized carbons (Fsp3) is 0.429. The number of hydrogen-bond donors (Lipinski definition) is 3. The van der Waals surface area contributed by atoms with Crippen molar-refractivity contribution < 1.29 is 9.59 Å². The monoisotopic (exact) mass is 341 g/mol. The van der Waals surface area contributed by atoms with Gasteiger partial charge in [-0.1, -0.05) is 29.8 Å². The van der Waals surface area contributed by atoms with Gasteiger partial charge in [0.1, 0.15) is 0 Å². The first kappa shape index (κ1) is 16.5. The van der Waals surface area contributed by atoms with Gasteiger partial charge in [0.05, 0.1) is 6.54 Å². The molecule has 0 atom stereocenters. The molecule has 1 aromatic rings. The van der Waals surface area contributed by atoms with Crippen LogP contribution < -0.4 is 16.0 Å². The Bertz CT molecular complexity index is 489. The van der Waals surface area contributed by atoms with Crippen molar-refractivity contribution in [3.05, 3.63) is 28.2 Å². The van der Waals surface area contributed by atoms with Crippen molar-refractivity contribution in [3.8, 4) is 0 Å². The molecular formula is C14H20BrN3O2. The summed E-state index contributed by atoms with van der Waals surface area (Å²) >= 11 is 3.41. The van der Waals surface area contributed by atoms with Gasteiger partial charge in [-0.3, -0.25) is 10.1 Å². The summed E-state index contributed by atoms with van der Waals surface area (Å²) in [6.07, 6.45) is 0. The van der Waals surface area contributed by atoms with Gasteiger partial charge in [0.2, 0.25) is 5.91 Å². The van der Waals surface area contributed by atoms with Gasteiger partial charge in [0.15, 0.2) is 0 Å². The number of amides is 3. The first-order valence-corrected chi connectivity index (χ1v) is 7.25. The molecule has 0 aliphatic carbocycles. The molecule has 1 aromatic carbocycles. The minimum atomic E-state index is -0.461. The van der Waals surface area contributed by atoms with E-state index < -0.39 is 6.03 Å². The molecule has 0 aliphatic heterocycles. The SMILES string of the molecule is Cc1cc(NCC(=O)NC(=O)NCC(C)C)ccc1Br. The second-order valence-corrected chi connectivity index (χ2v) is 5.82. The lowest BCUT2D eigenvalue weighted by Crippen LogP contribution is -2.43. The van der Waals surface area contributed by atoms with E-state index in [-0.39, 0.29) is 12.5 Å². The molecule has 1 rings (SSSR count). The largest absolute Gasteiger partial charge is 0.376 e. The third kappa shape index (κ3) is 6.06. The Morgan fingerprint density at radius 2 is 2.00 bits per heavy atom. The number of hydrogen-bond acceptors (Lipinski definition) is 3. The fourth-order valence-corrected chi connectivity index (χ4v) is 1.70. The standard InChI is InChI=1S/C14H20BrN3O2/c1-9(2)7-17-14(20)18-13(19)8-16-11-4-5-12(15)10(3)6-11/h4-6,9,16H,7-8H2,1-3H3,(H2,17,18,19,20). The fourth-order valence-electron chi connectivity index (χ4n) is 1.45. The van der Waals surface area contributed by atoms with E-state index in [4.69, 9.17) is 0 Å². The number of carbonyl (C=O) groups is 2. The van der Waals surface area contributed by atoms with Crippen LogP contribution in [0.15, 0.2) is 22.7 Å². The second kappa shape index (κ2) is 7.89. The van der Waals surface area contributed by atoms with Gasteiger partial charge in [-0.2, -0.15) is 0 Å². The summed E-state index contributed by atoms with van der Waals surface area (Å²) in [5.74, 6) is -0.0217. The maximum absolute atomic E-state index is 11.6. The lowest BCUT2D eigenvalue weighted by Gasteiger charge is -2.10. The molecule has 0 fully saturated rings. The second-order valence-electron chi connectivity index (χ2n) is 4.97. The van der Waals surface area contributed by atoms with E-state index in [1.54, 1.807) is 0 Å². The number of imide groups is 1. The van der Waals surface area contributed by atoms with Gasteiger partial charge in [0.25, 0.3) is 0 Å². The molecule has 0 aromatic heterocycles. The molecule has 0 radical (unpaired) electrons. The summed E-state index contributed by atoms with van der Waals surface area (Å²) in [5, 5.41) is 7.86. The van der Waals surface area contributed by atoms with Crippen LogP contribution in [0.5, 0.6) is 0 Å². The zero-order chi connectivity index (χ0) is 15.1. The Labute approximate surface area is 127 Å². The Balaban J connectivity index is 2.35. The Kier molecular flexibility index (Phi) is 6.51. The van der Waals surface area contributed by atoms with E-state index in [1.807, 2.05) is 39.0 Å². The summed E-state index contributed by atoms with van der Waals surface area (Å²) in [6, 6.07) is 5.24. The molecule has 0 saturated heterocycles. The molecule has 3 amide bonds. The zero-order valence-electron chi connectivity index (χ0n) is 11.9. The van der Waals surface area contributed by atoms with E-state index in [0.29, 0.717) is 12.5 Å². The van der Waals surface area contributed by atoms with Crippen molar-refractivity contribution in [2.24, 2.45) is 5.92 Å². The summed E-state index contributed by atoms with van der Waals surface area (Å²) in [4.78, 5) is 23.0. The van der Waals surface area contributed by atoms with Crippen molar-refractivity contribution in [2.75, 3.05) is 18.4 Å². The summed E-state index contributed by atoms with van der Waals surface area (Å²) in [5.41, 5.74) is 1.91. The lowest BCUT2D eigenvalue weighted by atomic mass is 10.2. The van der Waals surface area contributed by atoms with Crippen LogP contribution in [0, 0.1) is 12.8 Å². The smallest absolute Gasteiger partial charge is 0.321 e. The third-order valence-corrected chi connectivity index (χ3v) is 3.42. The quantitative estimate of drug-likeness (QED) is 0.770. The zero-order valence-corrected chi connectivity index (χ0v) is 13.5. The highest BCUT2D eigenvalue weighted by molar-refractivity contribution is 9.10. The van der Waals surface area contributed by atoms with Gasteiger partial charge in [-0.05, 0) is 36.6 Å². The van der Waals surface area contributed by atoms with Crippen LogP contribution in [0.3, 0.4) is 0 Å². The van der Waals surface area contributed by atoms with E-state index in [2.05, 4.69) is 31.9 Å². The molecule has 6 heteroatoms. The van der Waals surface area contributed by atoms with Gasteiger partial charge < -0.3 is 10.6 Å². The van der Waals surface area contributed by atoms with Crippen molar-refractivity contribution in [3.63, 3.8) is 0 Å². The number of carbonyl (C=O) groups excluding carboxylic acids is 2. The Morgan fingerprint density at radius 3 is 2.60 bits per heavy atom. The molecule has 20 heavy (non-hydrogen) atoms. The molecule has 110 valence electrons. The number of benzene rings is 1. The predicted octanol–water partition coefficient (Wildman–Crippen LogP) is 2.65. The number of rotatable bonds is 5. The molecule has 0 heterocycles. The van der Waals surface area contributed by atoms with Gasteiger partial charge in [0, 0.05) is 16.7 Å². The number of nitrogens with one attached hydrogen (secondary N) is 3. The van der Waals surface area contributed by atoms with Gasteiger partial charge in [-0.15, -0.1) is 0 Å². The highest BCUT2D eigenvalue weighted by Gasteiger charge is 2.07. The Morgan fingerprint density at radius 1 is 1.30 bits per heavy atom. The number of anilines is 1. The number of urea groups is 1. The van der Waals surface area contributed by atoms with Crippen molar-refractivity contribution in [1.29, 1.82) is 0 Å². The van der Waals surface area contributed by atoms with E-state index in [9.17, 15) is 9.59 Å². The minimum Gasteiger partial charge on any atom is -0.376 e. The van der Waals surface area contributed by atoms with E-state index in [0.717, 1.165) is 15.7 Å². The average molecular weight is 342 g/mol. The maximum atomic E-state index is 11.6. The summed E-state index contributed by atoms with van der Waals surface area (Å²) in [6.45, 7) is 6.53. The molecule has 0 spiro atoms. The first-order valence-electron chi connectivity index (χ1n) is 6.46. The molecule has 0 saturated carbocycles. The van der Waals surface area contributed by atoms with E-state index in [1.165, 1.54) is 0 Å². The van der Waals surface area contributed by atoms with Crippen LogP contribution in [0.25, 0.3) is 0 Å². The van der Waals surface area contributed by atoms with Crippen LogP contribution >= 0.6 is 15.9 Å². The predicted molar refractivity (Wildman–Crippen MR) is 83.7 cm³/mol. The molecule has 5 nitrogen and oxygen atoms in total. The van der Waals surface area contributed by atoms with Gasteiger partial charge in [-0.25, -0.2) is 4.79 Å². The molecular weight excluding hydrogens is 322 g/mol. The summed E-state index contributed by atoms with van der Waals surface area (Å²) < 4.78 is 1.01. The molecule has 0 unspecified atom stereocenters. The highest BCUT2D eigenvalue weighted by Crippen LogP contribution is 2.19. The average Bonchev–Trinajstić information content (AvgIpc) is 2.38. The van der Waals surface area contributed by atoms with Crippen LogP contribution in [0.4, 0.5) is 10.5 Å². The summed E-state index contributed by atoms with van der Waals surface area (Å²) in [7, 11) is 0. The van der Waals surface area contributed by atoms with Crippen LogP contribution in [0.2, 0.25) is 0 Å². The highest BCUT2D eigenvalue weighted by atomic mass is 79.9. The van der Waals surface area contributed by atoms with Crippen molar-refractivity contribution in [1.82, 2.24) is 10.6 Å². The van der Waals surface area contributed by atoms with Crippen LogP contribution in [0.1, 0.15) is 19.4 Å². The van der Waals surface area contributed by atoms with Gasteiger partial charge >= 0.3 is 6.03 Å². The number of halogens is 1. The maximum Gasteiger partial charge on any atom is 0.321 e. The minimum absolute atomic E-state index is 0.0518. The topological polar surface area (TPSA) is 70.2 Å². The normalized spacial score (nSPS) is 10.2. The Hall–Kier alpha value is -1.56. The molecule has 0 aliphatic rings. The first-order chi connectivity index (χ1) is 9.38. The van der Waals surface area contributed by atoms with E-state index >= 15 is 0 Å². The van der Waals surface area contributed by atoms with Crippen LogP contribution in [-0.2, 0) is 4.79 Å². The molecule has 0 bridgehead atoms. The third-order valence-electron chi connectivity index (χ3n) is 2.53. The van der Waals surface area contributed by atoms with Crippen molar-refractivity contribution >= 4 is 33.6 Å². The van der Waals surface area contributed by atoms with Crippen molar-refractivity contribution in [2.45, 2.75) is 20.8 Å². The molecule has 3 N–H and O–H groups in total. The number of aryl methyl sites for hydroxylation is 1.